The Morgan fingerprint density at radius 1 is 1.53 bits per heavy atom. The van der Waals surface area contributed by atoms with Crippen LogP contribution >= 0.6 is 15.9 Å². The van der Waals surface area contributed by atoms with E-state index in [2.05, 4.69) is 25.6 Å². The Labute approximate surface area is 118 Å². The molecule has 0 aliphatic rings. The Hall–Kier alpha value is -1.19. The molecule has 0 fully saturated rings. The van der Waals surface area contributed by atoms with E-state index in [1.54, 1.807) is 10.6 Å². The van der Waals surface area contributed by atoms with E-state index in [4.69, 9.17) is 5.73 Å². The van der Waals surface area contributed by atoms with Crippen molar-refractivity contribution >= 4 is 42.9 Å². The van der Waals surface area contributed by atoms with E-state index < -0.39 is 15.8 Å². The molecule has 1 aromatic carbocycles. The van der Waals surface area contributed by atoms with Gasteiger partial charge in [0.1, 0.15) is 5.82 Å². The van der Waals surface area contributed by atoms with E-state index in [0.717, 1.165) is 6.26 Å². The van der Waals surface area contributed by atoms with Gasteiger partial charge in [-0.2, -0.15) is 0 Å². The number of aromatic nitrogens is 2. The Morgan fingerprint density at radius 2 is 2.21 bits per heavy atom. The molecule has 2 aromatic rings. The molecule has 0 saturated heterocycles. The van der Waals surface area contributed by atoms with E-state index in [1.165, 1.54) is 6.07 Å². The zero-order valence-electron chi connectivity index (χ0n) is 10.0. The molecule has 0 atom stereocenters. The monoisotopic (exact) mass is 350 g/mol. The summed E-state index contributed by atoms with van der Waals surface area (Å²) in [6.07, 6.45) is 1.08. The number of imidazole rings is 1. The average Bonchev–Trinajstić information content (AvgIpc) is 2.55. The van der Waals surface area contributed by atoms with Gasteiger partial charge in [-0.1, -0.05) is 0 Å². The summed E-state index contributed by atoms with van der Waals surface area (Å²) in [6.45, 7) is 0.497. The summed E-state index contributed by atoms with van der Waals surface area (Å²) in [6, 6.07) is 2.84. The Balaban J connectivity index is 2.32. The van der Waals surface area contributed by atoms with Crippen LogP contribution in [0, 0.1) is 5.82 Å². The van der Waals surface area contributed by atoms with Crippen molar-refractivity contribution in [2.24, 2.45) is 0 Å². The quantitative estimate of drug-likeness (QED) is 0.862. The predicted octanol–water partition coefficient (Wildman–Crippen LogP) is 1.07. The molecular weight excluding hydrogens is 339 g/mol. The van der Waals surface area contributed by atoms with E-state index in [-0.39, 0.29) is 12.5 Å². The van der Waals surface area contributed by atoms with Gasteiger partial charge in [0, 0.05) is 19.2 Å². The minimum atomic E-state index is -3.25. The van der Waals surface area contributed by atoms with E-state index in [1.807, 2.05) is 0 Å². The first-order valence-electron chi connectivity index (χ1n) is 5.33. The number of rotatable bonds is 4. The molecule has 0 amide bonds. The summed E-state index contributed by atoms with van der Waals surface area (Å²) in [5.41, 5.74) is 6.81. The van der Waals surface area contributed by atoms with Crippen LogP contribution in [0.4, 0.5) is 10.3 Å². The van der Waals surface area contributed by atoms with Crippen LogP contribution in [0.25, 0.3) is 11.0 Å². The van der Waals surface area contributed by atoms with Gasteiger partial charge in [0.05, 0.1) is 21.8 Å². The van der Waals surface area contributed by atoms with E-state index >= 15 is 0 Å². The van der Waals surface area contributed by atoms with Crippen LogP contribution in [0.1, 0.15) is 0 Å². The van der Waals surface area contributed by atoms with Crippen molar-refractivity contribution in [3.8, 4) is 0 Å². The minimum absolute atomic E-state index is 0.184. The van der Waals surface area contributed by atoms with Crippen LogP contribution < -0.4 is 10.5 Å². The molecule has 0 saturated carbocycles. The molecule has 9 heteroatoms. The molecule has 19 heavy (non-hydrogen) atoms. The summed E-state index contributed by atoms with van der Waals surface area (Å²) in [7, 11) is -3.25. The first-order chi connectivity index (χ1) is 8.78. The third kappa shape index (κ3) is 3.23. The van der Waals surface area contributed by atoms with Gasteiger partial charge in [0.25, 0.3) is 0 Å². The normalized spacial score (nSPS) is 12.2. The highest BCUT2D eigenvalue weighted by molar-refractivity contribution is 9.10. The largest absolute Gasteiger partial charge is 0.369 e. The molecule has 0 bridgehead atoms. The zero-order chi connectivity index (χ0) is 14.2. The molecule has 0 unspecified atom stereocenters. The van der Waals surface area contributed by atoms with Gasteiger partial charge in [0.15, 0.2) is 0 Å². The maximum absolute atomic E-state index is 13.4. The third-order valence-corrected chi connectivity index (χ3v) is 3.86. The van der Waals surface area contributed by atoms with Gasteiger partial charge in [-0.05, 0) is 22.0 Å². The van der Waals surface area contributed by atoms with Gasteiger partial charge in [0.2, 0.25) is 16.0 Å². The first kappa shape index (κ1) is 14.2. The first-order valence-corrected chi connectivity index (χ1v) is 8.02. The van der Waals surface area contributed by atoms with Crippen LogP contribution in [0.15, 0.2) is 16.6 Å². The van der Waals surface area contributed by atoms with E-state index in [0.29, 0.717) is 22.1 Å². The van der Waals surface area contributed by atoms with Crippen molar-refractivity contribution in [2.75, 3.05) is 18.5 Å². The van der Waals surface area contributed by atoms with Crippen LogP contribution in [0.5, 0.6) is 0 Å². The van der Waals surface area contributed by atoms with Crippen LogP contribution in [0.3, 0.4) is 0 Å². The number of nitrogen functional groups attached to an aromatic ring is 1. The smallest absolute Gasteiger partial charge is 0.208 e. The maximum Gasteiger partial charge on any atom is 0.208 e. The Bertz CT molecular complexity index is 729. The van der Waals surface area contributed by atoms with Gasteiger partial charge in [-0.25, -0.2) is 22.5 Å². The fraction of sp³-hybridized carbons (Fsp3) is 0.300. The molecule has 1 aromatic heterocycles. The van der Waals surface area contributed by atoms with Crippen molar-refractivity contribution in [1.29, 1.82) is 0 Å². The third-order valence-electron chi connectivity index (χ3n) is 2.52. The summed E-state index contributed by atoms with van der Waals surface area (Å²) in [5.74, 6) is -0.214. The number of sulfonamides is 1. The van der Waals surface area contributed by atoms with Crippen molar-refractivity contribution < 1.29 is 12.8 Å². The van der Waals surface area contributed by atoms with Crippen molar-refractivity contribution in [3.63, 3.8) is 0 Å². The van der Waals surface area contributed by atoms with Crippen LogP contribution in [-0.4, -0.2) is 30.8 Å². The van der Waals surface area contributed by atoms with Crippen LogP contribution in [-0.2, 0) is 16.6 Å². The van der Waals surface area contributed by atoms with Crippen molar-refractivity contribution in [1.82, 2.24) is 14.3 Å². The number of nitrogens with two attached hydrogens (primary N) is 1. The van der Waals surface area contributed by atoms with Gasteiger partial charge in [-0.15, -0.1) is 0 Å². The topological polar surface area (TPSA) is 90.0 Å². The molecule has 104 valence electrons. The number of nitrogens with zero attached hydrogens (tertiary/aromatic N) is 2. The second kappa shape index (κ2) is 5.06. The fourth-order valence-corrected chi connectivity index (χ4v) is 2.51. The molecule has 2 rings (SSSR count). The molecule has 0 aliphatic carbocycles. The number of halogens is 2. The van der Waals surface area contributed by atoms with Gasteiger partial charge < -0.3 is 10.3 Å². The Kier molecular flexibility index (Phi) is 3.79. The molecule has 6 nitrogen and oxygen atoms in total. The molecule has 0 aliphatic heterocycles. The number of anilines is 1. The molecule has 3 N–H and O–H groups in total. The van der Waals surface area contributed by atoms with E-state index in [9.17, 15) is 12.8 Å². The molecular formula is C10H12BrFN4O2S. The van der Waals surface area contributed by atoms with Crippen LogP contribution in [0.2, 0.25) is 0 Å². The lowest BCUT2D eigenvalue weighted by molar-refractivity contribution is 0.581. The van der Waals surface area contributed by atoms with Gasteiger partial charge in [-0.3, -0.25) is 0 Å². The average molecular weight is 351 g/mol. The summed E-state index contributed by atoms with van der Waals surface area (Å²) >= 11 is 3.09. The summed E-state index contributed by atoms with van der Waals surface area (Å²) in [4.78, 5) is 4.03. The second-order valence-electron chi connectivity index (χ2n) is 4.04. The predicted molar refractivity (Wildman–Crippen MR) is 74.6 cm³/mol. The lowest BCUT2D eigenvalue weighted by atomic mass is 10.3. The second-order valence-corrected chi connectivity index (χ2v) is 6.73. The minimum Gasteiger partial charge on any atom is -0.369 e. The van der Waals surface area contributed by atoms with Crippen molar-refractivity contribution in [2.45, 2.75) is 6.54 Å². The summed E-state index contributed by atoms with van der Waals surface area (Å²) < 4.78 is 39.6. The highest BCUT2D eigenvalue weighted by Crippen LogP contribution is 2.24. The lowest BCUT2D eigenvalue weighted by Gasteiger charge is -2.07. The number of fused-ring (bicyclic) bond motifs is 1. The zero-order valence-corrected chi connectivity index (χ0v) is 12.4. The standard InChI is InChI=1S/C10H12BrFN4O2S/c1-19(17,18)14-2-3-16-9-4-6(11)7(12)5-8(9)15-10(16)13/h4-5,14H,2-3H2,1H3,(H2,13,15). The number of hydrogen-bond donors (Lipinski definition) is 2. The highest BCUT2D eigenvalue weighted by atomic mass is 79.9. The van der Waals surface area contributed by atoms with Gasteiger partial charge >= 0.3 is 0 Å². The number of nitrogens with one attached hydrogen (secondary N) is 1. The summed E-state index contributed by atoms with van der Waals surface area (Å²) in [5, 5.41) is 0. The van der Waals surface area contributed by atoms with Crippen molar-refractivity contribution in [3.05, 3.63) is 22.4 Å². The fourth-order valence-electron chi connectivity index (χ4n) is 1.72. The molecule has 0 spiro atoms. The highest BCUT2D eigenvalue weighted by Gasteiger charge is 2.11. The Morgan fingerprint density at radius 3 is 2.84 bits per heavy atom. The molecule has 1 heterocycles. The number of benzene rings is 1. The lowest BCUT2D eigenvalue weighted by Crippen LogP contribution is -2.26. The SMILES string of the molecule is CS(=O)(=O)NCCn1c(N)nc2cc(F)c(Br)cc21. The maximum atomic E-state index is 13.4. The number of hydrogen-bond acceptors (Lipinski definition) is 4. The molecule has 0 radical (unpaired) electrons.